The van der Waals surface area contributed by atoms with Gasteiger partial charge < -0.3 is 4.90 Å². The molecule has 1 saturated heterocycles. The van der Waals surface area contributed by atoms with Crippen LogP contribution in [0.3, 0.4) is 0 Å². The van der Waals surface area contributed by atoms with Crippen molar-refractivity contribution in [2.24, 2.45) is 11.8 Å². The van der Waals surface area contributed by atoms with E-state index in [1.165, 1.54) is 25.3 Å². The van der Waals surface area contributed by atoms with Gasteiger partial charge in [0.25, 0.3) is 5.91 Å². The van der Waals surface area contributed by atoms with Crippen LogP contribution in [0.1, 0.15) is 29.6 Å². The van der Waals surface area contributed by atoms with E-state index < -0.39 is 5.82 Å². The molecule has 1 heterocycles. The molecule has 2 atom stereocenters. The number of benzene rings is 1. The van der Waals surface area contributed by atoms with Crippen molar-refractivity contribution in [3.05, 3.63) is 34.1 Å². The molecule has 96 valence electrons. The first-order valence-electron chi connectivity index (χ1n) is 6.39. The Morgan fingerprint density at radius 3 is 2.61 bits per heavy atom. The molecule has 0 radical (unpaired) electrons. The van der Waals surface area contributed by atoms with Crippen LogP contribution in [0.15, 0.2) is 22.7 Å². The van der Waals surface area contributed by atoms with Crippen molar-refractivity contribution in [2.45, 2.75) is 19.3 Å². The predicted molar refractivity (Wildman–Crippen MR) is 70.8 cm³/mol. The normalized spacial score (nSPS) is 26.4. The lowest BCUT2D eigenvalue weighted by Gasteiger charge is -2.17. The van der Waals surface area contributed by atoms with Crippen molar-refractivity contribution in [3.63, 3.8) is 0 Å². The van der Waals surface area contributed by atoms with Crippen LogP contribution in [0, 0.1) is 17.7 Å². The molecule has 2 aliphatic rings. The van der Waals surface area contributed by atoms with Gasteiger partial charge in [0.2, 0.25) is 0 Å². The van der Waals surface area contributed by atoms with Gasteiger partial charge in [-0.15, -0.1) is 0 Å². The molecule has 0 N–H and O–H groups in total. The minimum atomic E-state index is -0.430. The number of halogens is 2. The van der Waals surface area contributed by atoms with Gasteiger partial charge in [0, 0.05) is 17.6 Å². The number of fused-ring (bicyclic) bond motifs is 1. The topological polar surface area (TPSA) is 20.3 Å². The second-order valence-corrected chi connectivity index (χ2v) is 6.20. The van der Waals surface area contributed by atoms with Gasteiger partial charge in [-0.25, -0.2) is 4.39 Å². The van der Waals surface area contributed by atoms with Crippen LogP contribution >= 0.6 is 15.9 Å². The fourth-order valence-corrected chi connectivity index (χ4v) is 3.59. The summed E-state index contributed by atoms with van der Waals surface area (Å²) in [6.07, 6.45) is 3.72. The van der Waals surface area contributed by atoms with Crippen LogP contribution in [-0.4, -0.2) is 23.9 Å². The summed E-state index contributed by atoms with van der Waals surface area (Å²) in [6, 6.07) is 4.53. The molecule has 1 saturated carbocycles. The summed E-state index contributed by atoms with van der Waals surface area (Å²) in [5.74, 6) is 0.691. The molecule has 2 nitrogen and oxygen atoms in total. The molecule has 1 aromatic carbocycles. The lowest BCUT2D eigenvalue weighted by Crippen LogP contribution is -2.30. The predicted octanol–water partition coefficient (Wildman–Crippen LogP) is 3.46. The summed E-state index contributed by atoms with van der Waals surface area (Å²) < 4.78 is 14.4. The lowest BCUT2D eigenvalue weighted by atomic mass is 10.0. The summed E-state index contributed by atoms with van der Waals surface area (Å²) in [7, 11) is 0. The third kappa shape index (κ3) is 2.07. The molecule has 4 heteroatoms. The number of nitrogens with zero attached hydrogens (tertiary/aromatic N) is 1. The maximum Gasteiger partial charge on any atom is 0.256 e. The van der Waals surface area contributed by atoms with Crippen molar-refractivity contribution in [1.29, 1.82) is 0 Å². The Kier molecular flexibility index (Phi) is 3.14. The second kappa shape index (κ2) is 4.65. The Morgan fingerprint density at radius 1 is 1.28 bits per heavy atom. The Hall–Kier alpha value is -0.900. The van der Waals surface area contributed by atoms with E-state index in [9.17, 15) is 9.18 Å². The zero-order valence-corrected chi connectivity index (χ0v) is 11.6. The molecule has 1 aliphatic carbocycles. The maximum absolute atomic E-state index is 13.7. The van der Waals surface area contributed by atoms with E-state index in [2.05, 4.69) is 15.9 Å². The van der Waals surface area contributed by atoms with Crippen molar-refractivity contribution >= 4 is 21.8 Å². The molecular formula is C14H15BrFNO. The zero-order chi connectivity index (χ0) is 12.7. The number of carbonyl (C=O) groups excluding carboxylic acids is 1. The number of hydrogen-bond donors (Lipinski definition) is 0. The van der Waals surface area contributed by atoms with E-state index in [1.807, 2.05) is 4.90 Å². The van der Waals surface area contributed by atoms with E-state index >= 15 is 0 Å². The molecule has 0 bridgehead atoms. The van der Waals surface area contributed by atoms with Crippen LogP contribution in [0.5, 0.6) is 0 Å². The molecule has 0 aromatic heterocycles. The first kappa shape index (κ1) is 12.2. The van der Waals surface area contributed by atoms with E-state index in [0.29, 0.717) is 11.8 Å². The monoisotopic (exact) mass is 311 g/mol. The quantitative estimate of drug-likeness (QED) is 0.778. The highest BCUT2D eigenvalue weighted by atomic mass is 79.9. The van der Waals surface area contributed by atoms with Gasteiger partial charge in [0.15, 0.2) is 0 Å². The van der Waals surface area contributed by atoms with Crippen molar-refractivity contribution in [3.8, 4) is 0 Å². The minimum absolute atomic E-state index is 0.164. The number of amides is 1. The van der Waals surface area contributed by atoms with Gasteiger partial charge in [0.1, 0.15) is 5.82 Å². The summed E-state index contributed by atoms with van der Waals surface area (Å²) in [5, 5.41) is 0. The third-order valence-corrected chi connectivity index (χ3v) is 4.67. The van der Waals surface area contributed by atoms with E-state index in [1.54, 1.807) is 12.1 Å². The summed E-state index contributed by atoms with van der Waals surface area (Å²) in [5.41, 5.74) is 0.185. The molecule has 1 amide bonds. The number of hydrogen-bond acceptors (Lipinski definition) is 1. The van der Waals surface area contributed by atoms with Gasteiger partial charge in [0.05, 0.1) is 5.56 Å². The molecule has 2 fully saturated rings. The standard InChI is InChI=1S/C14H15BrFNO/c15-11-4-5-13(16)12(6-11)14(18)17-7-9-2-1-3-10(9)8-17/h4-6,9-10H,1-3,7-8H2. The van der Waals surface area contributed by atoms with Crippen LogP contribution in [0.25, 0.3) is 0 Å². The van der Waals surface area contributed by atoms with Crippen LogP contribution in [0.4, 0.5) is 4.39 Å². The minimum Gasteiger partial charge on any atom is -0.338 e. The molecule has 0 spiro atoms. The highest BCUT2D eigenvalue weighted by Gasteiger charge is 2.38. The zero-order valence-electron chi connectivity index (χ0n) is 10.0. The van der Waals surface area contributed by atoms with Gasteiger partial charge in [-0.05, 0) is 42.9 Å². The van der Waals surface area contributed by atoms with Crippen molar-refractivity contribution < 1.29 is 9.18 Å². The maximum atomic E-state index is 13.7. The first-order chi connectivity index (χ1) is 8.65. The average Bonchev–Trinajstić information content (AvgIpc) is 2.91. The van der Waals surface area contributed by atoms with E-state index in [-0.39, 0.29) is 11.5 Å². The number of carbonyl (C=O) groups is 1. The highest BCUT2D eigenvalue weighted by Crippen LogP contribution is 2.38. The summed E-state index contributed by atoms with van der Waals surface area (Å²) in [4.78, 5) is 14.1. The largest absolute Gasteiger partial charge is 0.338 e. The fraction of sp³-hybridized carbons (Fsp3) is 0.500. The van der Waals surface area contributed by atoms with Gasteiger partial charge in [-0.2, -0.15) is 0 Å². The van der Waals surface area contributed by atoms with E-state index in [4.69, 9.17) is 0 Å². The first-order valence-corrected chi connectivity index (χ1v) is 7.19. The van der Waals surface area contributed by atoms with E-state index in [0.717, 1.165) is 17.6 Å². The molecule has 3 rings (SSSR count). The number of likely N-dealkylation sites (tertiary alicyclic amines) is 1. The molecule has 2 unspecified atom stereocenters. The number of rotatable bonds is 1. The van der Waals surface area contributed by atoms with Gasteiger partial charge >= 0.3 is 0 Å². The average molecular weight is 312 g/mol. The second-order valence-electron chi connectivity index (χ2n) is 5.29. The molecule has 18 heavy (non-hydrogen) atoms. The molecule has 1 aromatic rings. The molecular weight excluding hydrogens is 297 g/mol. The Balaban J connectivity index is 1.81. The Morgan fingerprint density at radius 2 is 1.94 bits per heavy atom. The van der Waals surface area contributed by atoms with Crippen LogP contribution < -0.4 is 0 Å². The highest BCUT2D eigenvalue weighted by molar-refractivity contribution is 9.10. The fourth-order valence-electron chi connectivity index (χ4n) is 3.23. The van der Waals surface area contributed by atoms with Crippen molar-refractivity contribution in [2.75, 3.05) is 13.1 Å². The third-order valence-electron chi connectivity index (χ3n) is 4.17. The van der Waals surface area contributed by atoms with Crippen LogP contribution in [0.2, 0.25) is 0 Å². The Labute approximate surface area is 114 Å². The lowest BCUT2D eigenvalue weighted by molar-refractivity contribution is 0.0776. The summed E-state index contributed by atoms with van der Waals surface area (Å²) in [6.45, 7) is 1.60. The van der Waals surface area contributed by atoms with Gasteiger partial charge in [-0.3, -0.25) is 4.79 Å². The van der Waals surface area contributed by atoms with Crippen LogP contribution in [-0.2, 0) is 0 Å². The van der Waals surface area contributed by atoms with Crippen molar-refractivity contribution in [1.82, 2.24) is 4.90 Å². The Bertz CT molecular complexity index is 479. The SMILES string of the molecule is O=C(c1cc(Br)ccc1F)N1CC2CCCC2C1. The molecule has 1 aliphatic heterocycles. The van der Waals surface area contributed by atoms with Gasteiger partial charge in [-0.1, -0.05) is 22.4 Å². The smallest absolute Gasteiger partial charge is 0.256 e. The summed E-state index contributed by atoms with van der Waals surface area (Å²) >= 11 is 3.28.